The van der Waals surface area contributed by atoms with Gasteiger partial charge >= 0.3 is 5.97 Å². The number of carbonyl (C=O) groups excluding carboxylic acids is 1. The van der Waals surface area contributed by atoms with Gasteiger partial charge in [-0.05, 0) is 17.9 Å². The third-order valence-corrected chi connectivity index (χ3v) is 2.88. The number of esters is 1. The third kappa shape index (κ3) is 2.96. The Balaban J connectivity index is 3.06. The van der Waals surface area contributed by atoms with Crippen LogP contribution in [0.2, 0.25) is 0 Å². The first-order valence-corrected chi connectivity index (χ1v) is 5.69. The second-order valence-electron chi connectivity index (χ2n) is 3.01. The molecule has 0 spiro atoms. The number of methoxy groups -OCH3 is 1. The molecule has 1 aromatic rings. The number of nitro benzene ring substituents is 1. The number of hydrogen-bond donors (Lipinski definition) is 0. The van der Waals surface area contributed by atoms with Crippen molar-refractivity contribution in [2.45, 2.75) is 11.3 Å². The lowest BCUT2D eigenvalue weighted by Crippen LogP contribution is -2.06. The maximum atomic E-state index is 11.1. The van der Waals surface area contributed by atoms with Crippen LogP contribution in [0.1, 0.15) is 5.56 Å². The Hall–Kier alpha value is -1.56. The molecule has 1 rings (SSSR count). The number of rotatable bonds is 4. The zero-order valence-electron chi connectivity index (χ0n) is 8.93. The standard InChI is InChI=1S/C10H11NO4S/c1-15-10(12)6-7-5-8(11(13)14)3-4-9(7)16-2/h3-5H,6H2,1-2H3. The van der Waals surface area contributed by atoms with Crippen molar-refractivity contribution in [1.82, 2.24) is 0 Å². The Labute approximate surface area is 96.9 Å². The molecule has 0 heterocycles. The van der Waals surface area contributed by atoms with Crippen LogP contribution in [0.3, 0.4) is 0 Å². The van der Waals surface area contributed by atoms with E-state index in [2.05, 4.69) is 4.74 Å². The molecule has 0 unspecified atom stereocenters. The number of ether oxygens (including phenoxy) is 1. The van der Waals surface area contributed by atoms with E-state index in [0.717, 1.165) is 4.90 Å². The molecule has 0 atom stereocenters. The number of non-ortho nitro benzene ring substituents is 1. The van der Waals surface area contributed by atoms with E-state index in [0.29, 0.717) is 5.56 Å². The first-order valence-electron chi connectivity index (χ1n) is 4.46. The van der Waals surface area contributed by atoms with Gasteiger partial charge in [0.2, 0.25) is 0 Å². The third-order valence-electron chi connectivity index (χ3n) is 2.04. The molecule has 0 aliphatic carbocycles. The SMILES string of the molecule is COC(=O)Cc1cc([N+](=O)[O-])ccc1SC. The van der Waals surface area contributed by atoms with Crippen molar-refractivity contribution >= 4 is 23.4 Å². The Kier molecular flexibility index (Phi) is 4.30. The van der Waals surface area contributed by atoms with Gasteiger partial charge in [-0.15, -0.1) is 11.8 Å². The molecule has 0 saturated carbocycles. The lowest BCUT2D eigenvalue weighted by molar-refractivity contribution is -0.385. The summed E-state index contributed by atoms with van der Waals surface area (Å²) >= 11 is 1.44. The van der Waals surface area contributed by atoms with E-state index >= 15 is 0 Å². The van der Waals surface area contributed by atoms with Gasteiger partial charge in [0.15, 0.2) is 0 Å². The normalized spacial score (nSPS) is 9.88. The molecule has 1 aromatic carbocycles. The van der Waals surface area contributed by atoms with Gasteiger partial charge in [-0.3, -0.25) is 14.9 Å². The van der Waals surface area contributed by atoms with Crippen LogP contribution in [-0.4, -0.2) is 24.3 Å². The summed E-state index contributed by atoms with van der Waals surface area (Å²) in [6, 6.07) is 4.47. The van der Waals surface area contributed by atoms with Gasteiger partial charge in [-0.1, -0.05) is 0 Å². The summed E-state index contributed by atoms with van der Waals surface area (Å²) in [4.78, 5) is 22.1. The molecule has 0 aromatic heterocycles. The number of nitro groups is 1. The maximum absolute atomic E-state index is 11.1. The van der Waals surface area contributed by atoms with Crippen molar-refractivity contribution in [3.05, 3.63) is 33.9 Å². The van der Waals surface area contributed by atoms with Gasteiger partial charge in [0.25, 0.3) is 5.69 Å². The summed E-state index contributed by atoms with van der Waals surface area (Å²) in [5.41, 5.74) is 0.602. The summed E-state index contributed by atoms with van der Waals surface area (Å²) in [5, 5.41) is 10.6. The molecule has 16 heavy (non-hydrogen) atoms. The highest BCUT2D eigenvalue weighted by Gasteiger charge is 2.13. The van der Waals surface area contributed by atoms with Crippen molar-refractivity contribution in [1.29, 1.82) is 0 Å². The fourth-order valence-electron chi connectivity index (χ4n) is 1.24. The maximum Gasteiger partial charge on any atom is 0.310 e. The second-order valence-corrected chi connectivity index (χ2v) is 3.85. The Morgan fingerprint density at radius 1 is 1.56 bits per heavy atom. The van der Waals surface area contributed by atoms with E-state index in [4.69, 9.17) is 0 Å². The quantitative estimate of drug-likeness (QED) is 0.349. The predicted octanol–water partition coefficient (Wildman–Crippen LogP) is 2.03. The zero-order valence-corrected chi connectivity index (χ0v) is 9.74. The number of hydrogen-bond acceptors (Lipinski definition) is 5. The molecule has 0 bridgehead atoms. The molecule has 0 aliphatic rings. The smallest absolute Gasteiger partial charge is 0.310 e. The Bertz CT molecular complexity index is 419. The number of nitrogens with zero attached hydrogens (tertiary/aromatic N) is 1. The van der Waals surface area contributed by atoms with Crippen molar-refractivity contribution in [2.24, 2.45) is 0 Å². The van der Waals surface area contributed by atoms with Gasteiger partial charge in [0.05, 0.1) is 18.5 Å². The molecule has 0 radical (unpaired) electrons. The Morgan fingerprint density at radius 2 is 2.25 bits per heavy atom. The van der Waals surface area contributed by atoms with Crippen LogP contribution in [0.15, 0.2) is 23.1 Å². The fourth-order valence-corrected chi connectivity index (χ4v) is 1.84. The van der Waals surface area contributed by atoms with Crippen LogP contribution in [0.5, 0.6) is 0 Å². The zero-order chi connectivity index (χ0) is 12.1. The predicted molar refractivity (Wildman–Crippen MR) is 60.6 cm³/mol. The van der Waals surface area contributed by atoms with Crippen LogP contribution in [-0.2, 0) is 16.0 Å². The number of carbonyl (C=O) groups is 1. The summed E-state index contributed by atoms with van der Waals surface area (Å²) < 4.78 is 4.54. The summed E-state index contributed by atoms with van der Waals surface area (Å²) in [6.45, 7) is 0. The first kappa shape index (κ1) is 12.5. The van der Waals surface area contributed by atoms with Gasteiger partial charge in [-0.25, -0.2) is 0 Å². The summed E-state index contributed by atoms with van der Waals surface area (Å²) in [7, 11) is 1.29. The minimum Gasteiger partial charge on any atom is -0.469 e. The number of benzene rings is 1. The van der Waals surface area contributed by atoms with Crippen molar-refractivity contribution in [3.8, 4) is 0 Å². The highest BCUT2D eigenvalue weighted by Crippen LogP contribution is 2.25. The van der Waals surface area contributed by atoms with E-state index in [1.54, 1.807) is 6.07 Å². The van der Waals surface area contributed by atoms with Crippen molar-refractivity contribution in [2.75, 3.05) is 13.4 Å². The Morgan fingerprint density at radius 3 is 2.75 bits per heavy atom. The van der Waals surface area contributed by atoms with Crippen molar-refractivity contribution < 1.29 is 14.5 Å². The average molecular weight is 241 g/mol. The van der Waals surface area contributed by atoms with Crippen LogP contribution in [0, 0.1) is 10.1 Å². The van der Waals surface area contributed by atoms with E-state index in [-0.39, 0.29) is 12.1 Å². The van der Waals surface area contributed by atoms with E-state index in [1.807, 2.05) is 6.26 Å². The largest absolute Gasteiger partial charge is 0.469 e. The summed E-state index contributed by atoms with van der Waals surface area (Å²) in [5.74, 6) is -0.407. The lowest BCUT2D eigenvalue weighted by Gasteiger charge is -2.05. The minimum atomic E-state index is -0.481. The molecule has 0 fully saturated rings. The highest BCUT2D eigenvalue weighted by atomic mass is 32.2. The number of thioether (sulfide) groups is 1. The molecule has 0 saturated heterocycles. The van der Waals surface area contributed by atoms with Gasteiger partial charge in [0, 0.05) is 17.0 Å². The molecule has 0 aliphatic heterocycles. The molecular formula is C10H11NO4S. The lowest BCUT2D eigenvalue weighted by atomic mass is 10.1. The molecule has 0 N–H and O–H groups in total. The fraction of sp³-hybridized carbons (Fsp3) is 0.300. The highest BCUT2D eigenvalue weighted by molar-refractivity contribution is 7.98. The molecule has 5 nitrogen and oxygen atoms in total. The van der Waals surface area contributed by atoms with E-state index in [9.17, 15) is 14.9 Å². The van der Waals surface area contributed by atoms with E-state index in [1.165, 1.54) is 31.0 Å². The van der Waals surface area contributed by atoms with Gasteiger partial charge in [0.1, 0.15) is 0 Å². The van der Waals surface area contributed by atoms with Gasteiger partial charge < -0.3 is 4.74 Å². The monoisotopic (exact) mass is 241 g/mol. The average Bonchev–Trinajstić information content (AvgIpc) is 2.28. The second kappa shape index (κ2) is 5.50. The van der Waals surface area contributed by atoms with Crippen LogP contribution in [0.4, 0.5) is 5.69 Å². The van der Waals surface area contributed by atoms with Gasteiger partial charge in [-0.2, -0.15) is 0 Å². The van der Waals surface area contributed by atoms with Crippen molar-refractivity contribution in [3.63, 3.8) is 0 Å². The van der Waals surface area contributed by atoms with Crippen LogP contribution < -0.4 is 0 Å². The topological polar surface area (TPSA) is 69.4 Å². The van der Waals surface area contributed by atoms with Crippen LogP contribution >= 0.6 is 11.8 Å². The molecule has 6 heteroatoms. The first-order chi connectivity index (χ1) is 7.58. The van der Waals surface area contributed by atoms with E-state index < -0.39 is 10.9 Å². The minimum absolute atomic E-state index is 0.0169. The van der Waals surface area contributed by atoms with Crippen LogP contribution in [0.25, 0.3) is 0 Å². The summed E-state index contributed by atoms with van der Waals surface area (Å²) in [6.07, 6.45) is 1.90. The molecule has 0 amide bonds. The molecule has 86 valence electrons. The molecular weight excluding hydrogens is 230 g/mol.